The molecule has 2 heterocycles. The number of amides is 1. The second kappa shape index (κ2) is 8.43. The minimum atomic E-state index is -0.308. The standard InChI is InChI=1S/C23H23N5O3/c1-14-8-9-16(12-15(14)2)18-10-11-20-25-26-21(28(20)27-18)13-24-23(29)17-6-5-7-19(30-3)22(17)31-4/h5-12H,13H2,1-4H3,(H,24,29). The normalized spacial score (nSPS) is 10.8. The van der Waals surface area contributed by atoms with Gasteiger partial charge in [0.15, 0.2) is 23.0 Å². The van der Waals surface area contributed by atoms with Crippen molar-refractivity contribution in [2.75, 3.05) is 14.2 Å². The molecule has 0 atom stereocenters. The van der Waals surface area contributed by atoms with E-state index in [4.69, 9.17) is 9.47 Å². The predicted molar refractivity (Wildman–Crippen MR) is 116 cm³/mol. The molecule has 0 unspecified atom stereocenters. The summed E-state index contributed by atoms with van der Waals surface area (Å²) in [6.07, 6.45) is 0. The summed E-state index contributed by atoms with van der Waals surface area (Å²) < 4.78 is 12.3. The summed E-state index contributed by atoms with van der Waals surface area (Å²) in [4.78, 5) is 12.8. The minimum absolute atomic E-state index is 0.156. The Morgan fingerprint density at radius 1 is 1.00 bits per heavy atom. The molecule has 0 fully saturated rings. The lowest BCUT2D eigenvalue weighted by molar-refractivity contribution is 0.0946. The second-order valence-corrected chi connectivity index (χ2v) is 7.13. The van der Waals surface area contributed by atoms with E-state index in [0.29, 0.717) is 28.5 Å². The molecule has 0 spiro atoms. The third-order valence-corrected chi connectivity index (χ3v) is 5.18. The average Bonchev–Trinajstić information content (AvgIpc) is 3.20. The molecule has 0 radical (unpaired) electrons. The third kappa shape index (κ3) is 3.92. The minimum Gasteiger partial charge on any atom is -0.493 e. The number of hydrogen-bond acceptors (Lipinski definition) is 6. The van der Waals surface area contributed by atoms with Crippen LogP contribution in [0, 0.1) is 13.8 Å². The molecule has 0 aliphatic rings. The first-order chi connectivity index (χ1) is 15.0. The van der Waals surface area contributed by atoms with Crippen molar-refractivity contribution >= 4 is 11.6 Å². The number of ether oxygens (including phenoxy) is 2. The zero-order chi connectivity index (χ0) is 22.0. The molecule has 0 bridgehead atoms. The Kier molecular flexibility index (Phi) is 5.53. The van der Waals surface area contributed by atoms with E-state index in [-0.39, 0.29) is 12.5 Å². The van der Waals surface area contributed by atoms with Crippen molar-refractivity contribution in [3.05, 3.63) is 71.0 Å². The summed E-state index contributed by atoms with van der Waals surface area (Å²) in [5.41, 5.74) is 5.22. The molecule has 158 valence electrons. The van der Waals surface area contributed by atoms with Crippen LogP contribution >= 0.6 is 0 Å². The summed E-state index contributed by atoms with van der Waals surface area (Å²) in [6, 6.07) is 15.1. The molecule has 0 saturated carbocycles. The van der Waals surface area contributed by atoms with Gasteiger partial charge in [0.2, 0.25) is 0 Å². The van der Waals surface area contributed by atoms with Crippen LogP contribution in [0.5, 0.6) is 11.5 Å². The summed E-state index contributed by atoms with van der Waals surface area (Å²) in [6.45, 7) is 4.31. The predicted octanol–water partition coefficient (Wildman–Crippen LogP) is 3.36. The van der Waals surface area contributed by atoms with Crippen LogP contribution in [0.25, 0.3) is 16.9 Å². The molecule has 8 heteroatoms. The van der Waals surface area contributed by atoms with Crippen LogP contribution < -0.4 is 14.8 Å². The Bertz CT molecular complexity index is 1270. The molecule has 0 aliphatic heterocycles. The lowest BCUT2D eigenvalue weighted by atomic mass is 10.0. The van der Waals surface area contributed by atoms with E-state index < -0.39 is 0 Å². The van der Waals surface area contributed by atoms with Crippen molar-refractivity contribution in [3.63, 3.8) is 0 Å². The first-order valence-corrected chi connectivity index (χ1v) is 9.80. The third-order valence-electron chi connectivity index (χ3n) is 5.18. The number of carbonyl (C=O) groups is 1. The van der Waals surface area contributed by atoms with Crippen LogP contribution in [-0.4, -0.2) is 39.9 Å². The van der Waals surface area contributed by atoms with Crippen molar-refractivity contribution in [1.82, 2.24) is 25.1 Å². The highest BCUT2D eigenvalue weighted by Gasteiger charge is 2.17. The number of hydrogen-bond donors (Lipinski definition) is 1. The fraction of sp³-hybridized carbons (Fsp3) is 0.217. The van der Waals surface area contributed by atoms with E-state index in [1.165, 1.54) is 25.3 Å². The Hall–Kier alpha value is -3.94. The molecule has 1 amide bonds. The summed E-state index contributed by atoms with van der Waals surface area (Å²) in [7, 11) is 3.03. The number of nitrogens with one attached hydrogen (secondary N) is 1. The van der Waals surface area contributed by atoms with Crippen LogP contribution in [0.4, 0.5) is 0 Å². The number of benzene rings is 2. The topological polar surface area (TPSA) is 90.6 Å². The molecule has 0 aliphatic carbocycles. The first-order valence-electron chi connectivity index (χ1n) is 9.80. The monoisotopic (exact) mass is 417 g/mol. The van der Waals surface area contributed by atoms with Crippen molar-refractivity contribution in [2.45, 2.75) is 20.4 Å². The Balaban J connectivity index is 1.59. The van der Waals surface area contributed by atoms with E-state index in [0.717, 1.165) is 11.3 Å². The fourth-order valence-corrected chi connectivity index (χ4v) is 3.32. The highest BCUT2D eigenvalue weighted by Crippen LogP contribution is 2.30. The molecular formula is C23H23N5O3. The maximum Gasteiger partial charge on any atom is 0.255 e. The molecule has 2 aromatic carbocycles. The highest BCUT2D eigenvalue weighted by molar-refractivity contribution is 5.97. The van der Waals surface area contributed by atoms with Gasteiger partial charge in [-0.3, -0.25) is 4.79 Å². The molecule has 0 saturated heterocycles. The van der Waals surface area contributed by atoms with Gasteiger partial charge in [0, 0.05) is 5.56 Å². The lowest BCUT2D eigenvalue weighted by Crippen LogP contribution is -2.25. The maximum absolute atomic E-state index is 12.8. The zero-order valence-electron chi connectivity index (χ0n) is 17.8. The second-order valence-electron chi connectivity index (χ2n) is 7.13. The van der Waals surface area contributed by atoms with Gasteiger partial charge in [-0.25, -0.2) is 0 Å². The van der Waals surface area contributed by atoms with E-state index in [9.17, 15) is 4.79 Å². The highest BCUT2D eigenvalue weighted by atomic mass is 16.5. The molecule has 8 nitrogen and oxygen atoms in total. The number of methoxy groups -OCH3 is 2. The van der Waals surface area contributed by atoms with Crippen LogP contribution in [0.1, 0.15) is 27.3 Å². The molecular weight excluding hydrogens is 394 g/mol. The average molecular weight is 417 g/mol. The van der Waals surface area contributed by atoms with Crippen molar-refractivity contribution in [1.29, 1.82) is 0 Å². The molecule has 31 heavy (non-hydrogen) atoms. The Labute approximate surface area is 179 Å². The Morgan fingerprint density at radius 2 is 1.84 bits per heavy atom. The number of nitrogens with zero attached hydrogens (tertiary/aromatic N) is 4. The largest absolute Gasteiger partial charge is 0.493 e. The van der Waals surface area contributed by atoms with Crippen LogP contribution in [-0.2, 0) is 6.54 Å². The summed E-state index contributed by atoms with van der Waals surface area (Å²) in [5, 5.41) is 15.9. The lowest BCUT2D eigenvalue weighted by Gasteiger charge is -2.12. The summed E-state index contributed by atoms with van der Waals surface area (Å²) >= 11 is 0. The van der Waals surface area contributed by atoms with Crippen LogP contribution in [0.2, 0.25) is 0 Å². The molecule has 4 aromatic rings. The van der Waals surface area contributed by atoms with E-state index >= 15 is 0 Å². The number of para-hydroxylation sites is 1. The number of carbonyl (C=O) groups excluding carboxylic acids is 1. The molecule has 2 aromatic heterocycles. The van der Waals surface area contributed by atoms with Gasteiger partial charge in [0.05, 0.1) is 32.0 Å². The molecule has 1 N–H and O–H groups in total. The number of aryl methyl sites for hydroxylation is 2. The van der Waals surface area contributed by atoms with Gasteiger partial charge in [-0.15, -0.1) is 10.2 Å². The van der Waals surface area contributed by atoms with Gasteiger partial charge in [-0.2, -0.15) is 9.61 Å². The first kappa shape index (κ1) is 20.3. The van der Waals surface area contributed by atoms with Crippen molar-refractivity contribution < 1.29 is 14.3 Å². The zero-order valence-corrected chi connectivity index (χ0v) is 17.8. The smallest absolute Gasteiger partial charge is 0.255 e. The van der Waals surface area contributed by atoms with E-state index in [1.807, 2.05) is 18.2 Å². The van der Waals surface area contributed by atoms with E-state index in [2.05, 4.69) is 46.6 Å². The summed E-state index contributed by atoms with van der Waals surface area (Å²) in [5.74, 6) is 1.08. The van der Waals surface area contributed by atoms with Crippen LogP contribution in [0.15, 0.2) is 48.5 Å². The van der Waals surface area contributed by atoms with Crippen molar-refractivity contribution in [2.24, 2.45) is 0 Å². The maximum atomic E-state index is 12.8. The van der Waals surface area contributed by atoms with E-state index in [1.54, 1.807) is 22.7 Å². The molecule has 4 rings (SSSR count). The van der Waals surface area contributed by atoms with Gasteiger partial charge in [0.25, 0.3) is 5.91 Å². The number of fused-ring (bicyclic) bond motifs is 1. The van der Waals surface area contributed by atoms with Crippen molar-refractivity contribution in [3.8, 4) is 22.8 Å². The quantitative estimate of drug-likeness (QED) is 0.517. The Morgan fingerprint density at radius 3 is 2.58 bits per heavy atom. The van der Waals surface area contributed by atoms with Crippen LogP contribution in [0.3, 0.4) is 0 Å². The number of aromatic nitrogens is 4. The van der Waals surface area contributed by atoms with Gasteiger partial charge in [0.1, 0.15) is 0 Å². The number of rotatable bonds is 6. The van der Waals surface area contributed by atoms with Gasteiger partial charge < -0.3 is 14.8 Å². The fourth-order valence-electron chi connectivity index (χ4n) is 3.32. The van der Waals surface area contributed by atoms with Gasteiger partial charge >= 0.3 is 0 Å². The SMILES string of the molecule is COc1cccc(C(=O)NCc2nnc3ccc(-c4ccc(C)c(C)c4)nn23)c1OC. The van der Waals surface area contributed by atoms with Gasteiger partial charge in [-0.05, 0) is 55.3 Å². The van der Waals surface area contributed by atoms with Gasteiger partial charge in [-0.1, -0.05) is 18.2 Å².